The molecule has 0 saturated heterocycles. The number of aliphatic hydroxyl groups is 4. The van der Waals surface area contributed by atoms with Crippen molar-refractivity contribution in [2.45, 2.75) is 63.3 Å². The van der Waals surface area contributed by atoms with Crippen molar-refractivity contribution < 1.29 is 25.2 Å². The predicted octanol–water partition coefficient (Wildman–Crippen LogP) is 0.479. The number of hydrogen-bond acceptors (Lipinski definition) is 5. The van der Waals surface area contributed by atoms with Crippen LogP contribution in [0.15, 0.2) is 23.8 Å². The summed E-state index contributed by atoms with van der Waals surface area (Å²) >= 11 is 0. The summed E-state index contributed by atoms with van der Waals surface area (Å²) in [5, 5.41) is 23.6. The van der Waals surface area contributed by atoms with Gasteiger partial charge in [-0.05, 0) is 30.9 Å². The van der Waals surface area contributed by atoms with Crippen LogP contribution < -0.4 is 0 Å². The summed E-state index contributed by atoms with van der Waals surface area (Å²) in [5.41, 5.74) is 0.913. The van der Waals surface area contributed by atoms with E-state index in [-0.39, 0.29) is 24.2 Å². The molecule has 2 aliphatic rings. The Morgan fingerprint density at radius 3 is 3.10 bits per heavy atom. The lowest BCUT2D eigenvalue weighted by Crippen LogP contribution is -2.15. The van der Waals surface area contributed by atoms with Gasteiger partial charge in [0.1, 0.15) is 0 Å². The molecule has 5 heteroatoms. The molecule has 3 unspecified atom stereocenters. The molecule has 0 aromatic heterocycles. The van der Waals surface area contributed by atoms with Gasteiger partial charge in [0.15, 0.2) is 6.29 Å². The Morgan fingerprint density at radius 1 is 1.50 bits per heavy atom. The summed E-state index contributed by atoms with van der Waals surface area (Å²) in [6.07, 6.45) is 5.70. The van der Waals surface area contributed by atoms with Gasteiger partial charge in [0.05, 0.1) is 24.4 Å². The van der Waals surface area contributed by atoms with Gasteiger partial charge < -0.3 is 25.2 Å². The van der Waals surface area contributed by atoms with E-state index in [0.717, 1.165) is 12.0 Å². The van der Waals surface area contributed by atoms with Crippen LogP contribution in [0.25, 0.3) is 0 Å². The zero-order valence-electron chi connectivity index (χ0n) is 14.6. The van der Waals surface area contributed by atoms with E-state index in [0.29, 0.717) is 19.3 Å². The van der Waals surface area contributed by atoms with Crippen LogP contribution in [0.3, 0.4) is 0 Å². The van der Waals surface area contributed by atoms with Crippen molar-refractivity contribution in [3.8, 4) is 0 Å². The molecule has 1 heterocycles. The topological polar surface area (TPSA) is 90.2 Å². The van der Waals surface area contributed by atoms with E-state index < -0.39 is 12.4 Å². The van der Waals surface area contributed by atoms with Crippen molar-refractivity contribution in [2.24, 2.45) is 5.92 Å². The normalized spacial score (nSPS) is 38.1. The van der Waals surface area contributed by atoms with Crippen LogP contribution in [0.2, 0.25) is 0 Å². The molecule has 0 radical (unpaired) electrons. The standard InChI is InChI=1S/C15H24O5/c1-2-9(16)3-4-10(17)5-6-11-12-7-15(19)20-14(12)8-13(11)18/h5-7,9-11,13-19H,2-4,8H2,1H3/b6-5+/t9?,10?,11-,13+,14-,15?/m0/s1/i16T,17T,18T. The fraction of sp³-hybridized carbons (Fsp3) is 0.733. The number of rotatable bonds is 9. The Hall–Kier alpha value is -0.720. The van der Waals surface area contributed by atoms with E-state index >= 15 is 0 Å². The van der Waals surface area contributed by atoms with Gasteiger partial charge in [0.25, 0.3) is 0 Å². The molecule has 114 valence electrons. The quantitative estimate of drug-likeness (QED) is 0.464. The molecule has 6 atom stereocenters. The Balaban J connectivity index is 1.96. The fourth-order valence-electron chi connectivity index (χ4n) is 2.78. The van der Waals surface area contributed by atoms with Crippen LogP contribution in [0, 0.1) is 5.92 Å². The molecule has 1 aliphatic carbocycles. The third-order valence-electron chi connectivity index (χ3n) is 4.00. The molecule has 4 N–H and O–H groups in total. The van der Waals surface area contributed by atoms with Crippen LogP contribution in [-0.2, 0) is 4.74 Å². The lowest BCUT2D eigenvalue weighted by molar-refractivity contribution is -0.0786. The summed E-state index contributed by atoms with van der Waals surface area (Å²) in [6.45, 7) is 1.94. The molecule has 1 saturated carbocycles. The Labute approximate surface area is 123 Å². The maximum atomic E-state index is 9.54. The van der Waals surface area contributed by atoms with Crippen LogP contribution in [0.1, 0.15) is 32.6 Å². The average Bonchev–Trinajstić information content (AvgIpc) is 3.07. The highest BCUT2D eigenvalue weighted by atomic mass is 16.6. The van der Waals surface area contributed by atoms with Gasteiger partial charge in [0, 0.05) is 12.3 Å². The molecule has 0 aromatic carbocycles. The van der Waals surface area contributed by atoms with Gasteiger partial charge in [0.2, 0.25) is 4.29 Å². The molecule has 0 spiro atoms. The highest BCUT2D eigenvalue weighted by molar-refractivity contribution is 5.29. The van der Waals surface area contributed by atoms with Crippen molar-refractivity contribution in [3.05, 3.63) is 23.8 Å². The first-order chi connectivity index (χ1) is 11.1. The molecule has 2 rings (SSSR count). The van der Waals surface area contributed by atoms with E-state index in [2.05, 4.69) is 5.11 Å². The van der Waals surface area contributed by atoms with Crippen LogP contribution in [0.5, 0.6) is 0 Å². The molecule has 0 bridgehead atoms. The van der Waals surface area contributed by atoms with E-state index in [4.69, 9.17) is 19.2 Å². The predicted molar refractivity (Wildman–Crippen MR) is 73.8 cm³/mol. The van der Waals surface area contributed by atoms with E-state index in [1.807, 2.05) is 13.0 Å². The third kappa shape index (κ3) is 3.68. The smallest absolute Gasteiger partial charge is 0.211 e. The van der Waals surface area contributed by atoms with E-state index in [1.54, 1.807) is 12.2 Å². The molecule has 5 nitrogen and oxygen atoms in total. The van der Waals surface area contributed by atoms with Crippen molar-refractivity contribution in [1.29, 1.82) is 4.29 Å². The van der Waals surface area contributed by atoms with Gasteiger partial charge in [-0.2, -0.15) is 0 Å². The Kier molecular flexibility index (Phi) is 4.06. The van der Waals surface area contributed by atoms with E-state index in [1.165, 1.54) is 0 Å². The van der Waals surface area contributed by atoms with E-state index in [9.17, 15) is 5.11 Å². The van der Waals surface area contributed by atoms with Crippen LogP contribution >= 0.6 is 0 Å². The Bertz CT molecular complexity index is 427. The minimum Gasteiger partial charge on any atom is -0.393 e. The fourth-order valence-corrected chi connectivity index (χ4v) is 2.78. The number of aliphatic hydroxyl groups excluding tert-OH is 4. The number of hydrogen-bond donors (Lipinski definition) is 4. The second kappa shape index (κ2) is 6.83. The zero-order chi connectivity index (χ0) is 16.8. The minimum atomic E-state index is -0.902. The molecular weight excluding hydrogens is 260 g/mol. The zero-order valence-corrected chi connectivity index (χ0v) is 11.6. The maximum absolute atomic E-state index is 9.54. The lowest BCUT2D eigenvalue weighted by Gasteiger charge is -2.13. The Morgan fingerprint density at radius 2 is 2.40 bits per heavy atom. The van der Waals surface area contributed by atoms with Gasteiger partial charge in [-0.1, -0.05) is 19.1 Å². The van der Waals surface area contributed by atoms with Crippen molar-refractivity contribution in [2.75, 3.05) is 0 Å². The molecular formula is C15H24O5. The molecule has 1 aliphatic heterocycles. The van der Waals surface area contributed by atoms with Gasteiger partial charge in [-0.25, -0.2) is 0 Å². The van der Waals surface area contributed by atoms with Crippen molar-refractivity contribution in [3.63, 3.8) is 0 Å². The monoisotopic (exact) mass is 290 g/mol. The first-order valence-electron chi connectivity index (χ1n) is 8.44. The van der Waals surface area contributed by atoms with Crippen molar-refractivity contribution in [1.82, 2.24) is 0 Å². The molecule has 20 heavy (non-hydrogen) atoms. The average molecular weight is 290 g/mol. The van der Waals surface area contributed by atoms with Gasteiger partial charge in [-0.15, -0.1) is 0 Å². The van der Waals surface area contributed by atoms with Crippen LogP contribution in [-0.4, -0.2) is 55.4 Å². The summed E-state index contributed by atoms with van der Waals surface area (Å²) < 4.78 is 26.7. The summed E-state index contributed by atoms with van der Waals surface area (Å²) in [4.78, 5) is 0. The summed E-state index contributed by atoms with van der Waals surface area (Å²) in [6, 6.07) is 0. The first kappa shape index (κ1) is 11.9. The van der Waals surface area contributed by atoms with Crippen LogP contribution in [0.4, 0.5) is 0 Å². The molecule has 1 fully saturated rings. The summed E-state index contributed by atoms with van der Waals surface area (Å²) in [5.74, 6) is -0.165. The maximum Gasteiger partial charge on any atom is 0.211 e. The second-order valence-electron chi connectivity index (χ2n) is 5.51. The highest BCUT2D eigenvalue weighted by Crippen LogP contribution is 2.39. The molecule has 0 aromatic rings. The minimum absolute atomic E-state index is 0.165. The summed E-state index contributed by atoms with van der Waals surface area (Å²) in [7, 11) is 0. The van der Waals surface area contributed by atoms with Crippen molar-refractivity contribution >= 4 is 0 Å². The van der Waals surface area contributed by atoms with Gasteiger partial charge in [-0.3, -0.25) is 0 Å². The SMILES string of the molecule is [3H]OC(/C=C/[C@H]1C2=CC(O)O[C@H]2C[C@H]1O[3H])CCC(CC)O[3H]. The third-order valence-corrected chi connectivity index (χ3v) is 4.00. The second-order valence-corrected chi connectivity index (χ2v) is 5.51. The number of fused-ring (bicyclic) bond motifs is 1. The lowest BCUT2D eigenvalue weighted by atomic mass is 9.98. The first-order valence-corrected chi connectivity index (χ1v) is 7.22. The molecule has 0 amide bonds. The van der Waals surface area contributed by atoms with Gasteiger partial charge >= 0.3 is 0 Å². The number of ether oxygens (including phenoxy) is 1. The largest absolute Gasteiger partial charge is 0.393 e. The highest BCUT2D eigenvalue weighted by Gasteiger charge is 2.41.